The summed E-state index contributed by atoms with van der Waals surface area (Å²) in [7, 11) is 0. The quantitative estimate of drug-likeness (QED) is 0.803. The van der Waals surface area contributed by atoms with Gasteiger partial charge in [-0.2, -0.15) is 0 Å². The van der Waals surface area contributed by atoms with E-state index in [1.807, 2.05) is 0 Å². The van der Waals surface area contributed by atoms with Gasteiger partial charge in [-0.15, -0.1) is 0 Å². The highest BCUT2D eigenvalue weighted by Crippen LogP contribution is 2.25. The third-order valence-corrected chi connectivity index (χ3v) is 3.69. The summed E-state index contributed by atoms with van der Waals surface area (Å²) in [6.45, 7) is 2.69. The van der Waals surface area contributed by atoms with Crippen LogP contribution in [0, 0.1) is 5.92 Å². The van der Waals surface area contributed by atoms with Gasteiger partial charge in [0.25, 0.3) is 0 Å². The van der Waals surface area contributed by atoms with Gasteiger partial charge in [-0.1, -0.05) is 23.2 Å². The standard InChI is InChI=1S/C13H17Cl2N3O/c14-10-3-4-11(15)12(6-10)18-13(19)17-8-9-2-1-5-16-7-9/h3-4,6,9,16H,1-2,5,7-8H2,(H2,17,18,19). The first kappa shape index (κ1) is 14.4. The highest BCUT2D eigenvalue weighted by molar-refractivity contribution is 6.35. The van der Waals surface area contributed by atoms with E-state index in [4.69, 9.17) is 23.2 Å². The summed E-state index contributed by atoms with van der Waals surface area (Å²) in [6, 6.07) is 4.71. The minimum atomic E-state index is -0.255. The van der Waals surface area contributed by atoms with Gasteiger partial charge in [0.05, 0.1) is 10.7 Å². The second-order valence-electron chi connectivity index (χ2n) is 4.67. The minimum Gasteiger partial charge on any atom is -0.338 e. The highest BCUT2D eigenvalue weighted by atomic mass is 35.5. The number of anilines is 1. The van der Waals surface area contributed by atoms with Crippen LogP contribution < -0.4 is 16.0 Å². The predicted molar refractivity (Wildman–Crippen MR) is 79.1 cm³/mol. The number of piperidine rings is 1. The molecule has 3 N–H and O–H groups in total. The van der Waals surface area contributed by atoms with Crippen molar-refractivity contribution in [2.75, 3.05) is 25.0 Å². The Morgan fingerprint density at radius 1 is 1.42 bits per heavy atom. The number of benzene rings is 1. The van der Waals surface area contributed by atoms with Gasteiger partial charge < -0.3 is 16.0 Å². The first-order valence-corrected chi connectivity index (χ1v) is 7.11. The molecule has 2 amide bonds. The van der Waals surface area contributed by atoms with E-state index in [-0.39, 0.29) is 6.03 Å². The van der Waals surface area contributed by atoms with Crippen molar-refractivity contribution in [1.82, 2.24) is 10.6 Å². The van der Waals surface area contributed by atoms with Crippen LogP contribution in [-0.4, -0.2) is 25.7 Å². The van der Waals surface area contributed by atoms with E-state index in [0.29, 0.717) is 28.2 Å². The Balaban J connectivity index is 1.81. The summed E-state index contributed by atoms with van der Waals surface area (Å²) in [4.78, 5) is 11.8. The van der Waals surface area contributed by atoms with E-state index in [1.165, 1.54) is 0 Å². The van der Waals surface area contributed by atoms with E-state index >= 15 is 0 Å². The van der Waals surface area contributed by atoms with Crippen LogP contribution >= 0.6 is 23.2 Å². The molecule has 0 aliphatic carbocycles. The Bertz CT molecular complexity index is 448. The Labute approximate surface area is 122 Å². The molecule has 4 nitrogen and oxygen atoms in total. The molecule has 1 atom stereocenters. The summed E-state index contributed by atoms with van der Waals surface area (Å²) in [6.07, 6.45) is 2.30. The van der Waals surface area contributed by atoms with E-state index in [9.17, 15) is 4.79 Å². The van der Waals surface area contributed by atoms with E-state index in [1.54, 1.807) is 18.2 Å². The van der Waals surface area contributed by atoms with Crippen LogP contribution in [0.4, 0.5) is 10.5 Å². The van der Waals surface area contributed by atoms with Gasteiger partial charge in [0.2, 0.25) is 0 Å². The van der Waals surface area contributed by atoms with Gasteiger partial charge in [0.15, 0.2) is 0 Å². The molecule has 1 saturated heterocycles. The van der Waals surface area contributed by atoms with E-state index < -0.39 is 0 Å². The number of hydrogen-bond acceptors (Lipinski definition) is 2. The lowest BCUT2D eigenvalue weighted by molar-refractivity contribution is 0.248. The molecule has 19 heavy (non-hydrogen) atoms. The van der Waals surface area contributed by atoms with Gasteiger partial charge in [-0.3, -0.25) is 0 Å². The number of urea groups is 1. The fourth-order valence-electron chi connectivity index (χ4n) is 2.10. The van der Waals surface area contributed by atoms with E-state index in [2.05, 4.69) is 16.0 Å². The van der Waals surface area contributed by atoms with Gasteiger partial charge in [0.1, 0.15) is 0 Å². The molecule has 1 aromatic rings. The smallest absolute Gasteiger partial charge is 0.319 e. The van der Waals surface area contributed by atoms with Crippen LogP contribution in [0.15, 0.2) is 18.2 Å². The second kappa shape index (κ2) is 6.98. The molecule has 1 fully saturated rings. The fourth-order valence-corrected chi connectivity index (χ4v) is 2.43. The predicted octanol–water partition coefficient (Wildman–Crippen LogP) is 3.11. The number of carbonyl (C=O) groups excluding carboxylic acids is 1. The lowest BCUT2D eigenvalue weighted by atomic mass is 10.00. The Kier molecular flexibility index (Phi) is 5.31. The average Bonchev–Trinajstić information content (AvgIpc) is 2.42. The van der Waals surface area contributed by atoms with Gasteiger partial charge >= 0.3 is 6.03 Å². The van der Waals surface area contributed by atoms with E-state index in [0.717, 1.165) is 25.9 Å². The molecule has 2 rings (SSSR count). The van der Waals surface area contributed by atoms with Crippen molar-refractivity contribution in [3.05, 3.63) is 28.2 Å². The highest BCUT2D eigenvalue weighted by Gasteiger charge is 2.14. The molecule has 104 valence electrons. The molecule has 1 heterocycles. The van der Waals surface area contributed by atoms with Crippen LogP contribution in [0.5, 0.6) is 0 Å². The van der Waals surface area contributed by atoms with Crippen LogP contribution in [0.3, 0.4) is 0 Å². The Morgan fingerprint density at radius 2 is 2.26 bits per heavy atom. The minimum absolute atomic E-state index is 0.255. The van der Waals surface area contributed by atoms with Gasteiger partial charge in [-0.25, -0.2) is 4.79 Å². The topological polar surface area (TPSA) is 53.2 Å². The number of hydrogen-bond donors (Lipinski definition) is 3. The molecule has 1 aliphatic rings. The monoisotopic (exact) mass is 301 g/mol. The largest absolute Gasteiger partial charge is 0.338 e. The summed E-state index contributed by atoms with van der Waals surface area (Å²) in [5, 5.41) is 9.88. The molecular weight excluding hydrogens is 285 g/mol. The van der Waals surface area contributed by atoms with Crippen LogP contribution in [-0.2, 0) is 0 Å². The zero-order valence-corrected chi connectivity index (χ0v) is 12.0. The number of carbonyl (C=O) groups is 1. The molecule has 6 heteroatoms. The van der Waals surface area contributed by atoms with Crippen molar-refractivity contribution >= 4 is 34.9 Å². The fraction of sp³-hybridized carbons (Fsp3) is 0.462. The van der Waals surface area contributed by atoms with Gasteiger partial charge in [-0.05, 0) is 50.0 Å². The molecule has 0 saturated carbocycles. The number of halogens is 2. The molecule has 0 radical (unpaired) electrons. The maximum atomic E-state index is 11.8. The molecule has 1 aromatic carbocycles. The summed E-state index contributed by atoms with van der Waals surface area (Å²) >= 11 is 11.8. The van der Waals surface area contributed by atoms with Crippen molar-refractivity contribution in [3.63, 3.8) is 0 Å². The summed E-state index contributed by atoms with van der Waals surface area (Å²) < 4.78 is 0. The van der Waals surface area contributed by atoms with Crippen molar-refractivity contribution < 1.29 is 4.79 Å². The van der Waals surface area contributed by atoms with Crippen LogP contribution in [0.1, 0.15) is 12.8 Å². The van der Waals surface area contributed by atoms with Gasteiger partial charge in [0, 0.05) is 11.6 Å². The van der Waals surface area contributed by atoms with Crippen molar-refractivity contribution in [2.24, 2.45) is 5.92 Å². The first-order valence-electron chi connectivity index (χ1n) is 6.36. The average molecular weight is 302 g/mol. The zero-order valence-electron chi connectivity index (χ0n) is 10.5. The normalized spacial score (nSPS) is 18.9. The van der Waals surface area contributed by atoms with Crippen molar-refractivity contribution in [2.45, 2.75) is 12.8 Å². The second-order valence-corrected chi connectivity index (χ2v) is 5.52. The lowest BCUT2D eigenvalue weighted by Crippen LogP contribution is -2.39. The number of amides is 2. The molecule has 0 aromatic heterocycles. The number of nitrogens with one attached hydrogen (secondary N) is 3. The third kappa shape index (κ3) is 4.56. The molecule has 1 aliphatic heterocycles. The number of rotatable bonds is 3. The van der Waals surface area contributed by atoms with Crippen molar-refractivity contribution in [3.8, 4) is 0 Å². The van der Waals surface area contributed by atoms with Crippen molar-refractivity contribution in [1.29, 1.82) is 0 Å². The zero-order chi connectivity index (χ0) is 13.7. The molecular formula is C13H17Cl2N3O. The van der Waals surface area contributed by atoms with Crippen LogP contribution in [0.2, 0.25) is 10.0 Å². The Morgan fingerprint density at radius 3 is 3.00 bits per heavy atom. The van der Waals surface area contributed by atoms with Crippen LogP contribution in [0.25, 0.3) is 0 Å². The summed E-state index contributed by atoms with van der Waals surface area (Å²) in [5.74, 6) is 0.495. The maximum absolute atomic E-state index is 11.8. The maximum Gasteiger partial charge on any atom is 0.319 e. The molecule has 0 bridgehead atoms. The lowest BCUT2D eigenvalue weighted by Gasteiger charge is -2.23. The summed E-state index contributed by atoms with van der Waals surface area (Å²) in [5.41, 5.74) is 0.522. The first-order chi connectivity index (χ1) is 9.15. The third-order valence-electron chi connectivity index (χ3n) is 3.13. The molecule has 0 spiro atoms. The SMILES string of the molecule is O=C(NCC1CCCNC1)Nc1cc(Cl)ccc1Cl. The molecule has 1 unspecified atom stereocenters. The Hall–Kier alpha value is -0.970.